The second-order valence-corrected chi connectivity index (χ2v) is 4.14. The molecule has 1 aliphatic rings. The zero-order valence-electron chi connectivity index (χ0n) is 9.48. The summed E-state index contributed by atoms with van der Waals surface area (Å²) in [7, 11) is 0. The van der Waals surface area contributed by atoms with Gasteiger partial charge in [0, 0.05) is 19.1 Å². The first-order valence-corrected chi connectivity index (χ1v) is 5.58. The summed E-state index contributed by atoms with van der Waals surface area (Å²) >= 11 is 0. The van der Waals surface area contributed by atoms with Gasteiger partial charge < -0.3 is 14.6 Å². The van der Waals surface area contributed by atoms with Gasteiger partial charge in [-0.2, -0.15) is 0 Å². The van der Waals surface area contributed by atoms with E-state index >= 15 is 0 Å². The SMILES string of the molecule is OCC1CCOC1c1ccc(OC(F)(F)F)cc1. The van der Waals surface area contributed by atoms with Crippen molar-refractivity contribution in [3.05, 3.63) is 29.8 Å². The van der Waals surface area contributed by atoms with Gasteiger partial charge in [0.25, 0.3) is 0 Å². The van der Waals surface area contributed by atoms with Crippen LogP contribution in [-0.4, -0.2) is 24.7 Å². The first-order valence-electron chi connectivity index (χ1n) is 5.58. The number of ether oxygens (including phenoxy) is 2. The quantitative estimate of drug-likeness (QED) is 0.910. The van der Waals surface area contributed by atoms with E-state index in [9.17, 15) is 13.2 Å². The molecule has 3 nitrogen and oxygen atoms in total. The molecule has 1 heterocycles. The van der Waals surface area contributed by atoms with Gasteiger partial charge in [-0.25, -0.2) is 0 Å². The molecule has 1 N–H and O–H groups in total. The van der Waals surface area contributed by atoms with Crippen molar-refractivity contribution >= 4 is 0 Å². The molecule has 0 saturated carbocycles. The monoisotopic (exact) mass is 262 g/mol. The Bertz CT molecular complexity index is 389. The van der Waals surface area contributed by atoms with Crippen molar-refractivity contribution in [3.8, 4) is 5.75 Å². The molecule has 2 unspecified atom stereocenters. The molecule has 0 bridgehead atoms. The van der Waals surface area contributed by atoms with E-state index in [4.69, 9.17) is 9.84 Å². The Balaban J connectivity index is 2.08. The topological polar surface area (TPSA) is 38.7 Å². The second kappa shape index (κ2) is 5.16. The predicted octanol–water partition coefficient (Wildman–Crippen LogP) is 2.66. The summed E-state index contributed by atoms with van der Waals surface area (Å²) in [6.45, 7) is 0.558. The van der Waals surface area contributed by atoms with E-state index in [0.717, 1.165) is 12.0 Å². The molecule has 2 atom stereocenters. The number of halogens is 3. The van der Waals surface area contributed by atoms with Crippen LogP contribution in [0, 0.1) is 5.92 Å². The number of benzene rings is 1. The zero-order chi connectivity index (χ0) is 13.2. The normalized spacial score (nSPS) is 24.2. The third-order valence-electron chi connectivity index (χ3n) is 2.89. The van der Waals surface area contributed by atoms with E-state index in [-0.39, 0.29) is 24.4 Å². The lowest BCUT2D eigenvalue weighted by Gasteiger charge is -2.17. The summed E-state index contributed by atoms with van der Waals surface area (Å²) in [6, 6.07) is 5.55. The van der Waals surface area contributed by atoms with Crippen LogP contribution in [0.3, 0.4) is 0 Å². The molecule has 6 heteroatoms. The van der Waals surface area contributed by atoms with Gasteiger partial charge in [0.1, 0.15) is 5.75 Å². The molecule has 1 aromatic rings. The van der Waals surface area contributed by atoms with E-state index in [1.54, 1.807) is 0 Å². The van der Waals surface area contributed by atoms with Crippen LogP contribution in [0.15, 0.2) is 24.3 Å². The van der Waals surface area contributed by atoms with Crippen LogP contribution in [0.25, 0.3) is 0 Å². The van der Waals surface area contributed by atoms with E-state index in [2.05, 4.69) is 4.74 Å². The van der Waals surface area contributed by atoms with E-state index in [1.807, 2.05) is 0 Å². The Hall–Kier alpha value is -1.27. The molecule has 1 aliphatic heterocycles. The maximum atomic E-state index is 12.0. The van der Waals surface area contributed by atoms with E-state index in [0.29, 0.717) is 6.61 Å². The highest BCUT2D eigenvalue weighted by Gasteiger charge is 2.32. The van der Waals surface area contributed by atoms with Gasteiger partial charge in [0.05, 0.1) is 6.10 Å². The molecular formula is C12H13F3O3. The fourth-order valence-electron chi connectivity index (χ4n) is 2.05. The largest absolute Gasteiger partial charge is 0.573 e. The Morgan fingerprint density at radius 1 is 1.28 bits per heavy atom. The number of aliphatic hydroxyl groups excluding tert-OH is 1. The Kier molecular flexibility index (Phi) is 3.77. The molecule has 2 rings (SSSR count). The number of hydrogen-bond donors (Lipinski definition) is 1. The van der Waals surface area contributed by atoms with Gasteiger partial charge in [0.15, 0.2) is 0 Å². The molecule has 1 aromatic carbocycles. The Morgan fingerprint density at radius 2 is 1.94 bits per heavy atom. The van der Waals surface area contributed by atoms with E-state index in [1.165, 1.54) is 24.3 Å². The van der Waals surface area contributed by atoms with Crippen LogP contribution in [0.1, 0.15) is 18.1 Å². The molecule has 18 heavy (non-hydrogen) atoms. The average molecular weight is 262 g/mol. The van der Waals surface area contributed by atoms with Gasteiger partial charge in [-0.15, -0.1) is 13.2 Å². The van der Waals surface area contributed by atoms with Crippen LogP contribution < -0.4 is 4.74 Å². The third-order valence-corrected chi connectivity index (χ3v) is 2.89. The summed E-state index contributed by atoms with van der Waals surface area (Å²) in [5, 5.41) is 9.15. The summed E-state index contributed by atoms with van der Waals surface area (Å²) in [5.41, 5.74) is 0.751. The Labute approximate surface area is 102 Å². The van der Waals surface area contributed by atoms with Crippen molar-refractivity contribution in [2.45, 2.75) is 18.9 Å². The first-order chi connectivity index (χ1) is 8.49. The fraction of sp³-hybridized carbons (Fsp3) is 0.500. The molecular weight excluding hydrogens is 249 g/mol. The second-order valence-electron chi connectivity index (χ2n) is 4.14. The number of rotatable bonds is 3. The zero-order valence-corrected chi connectivity index (χ0v) is 9.48. The van der Waals surface area contributed by atoms with Crippen molar-refractivity contribution in [1.82, 2.24) is 0 Å². The van der Waals surface area contributed by atoms with E-state index < -0.39 is 6.36 Å². The van der Waals surface area contributed by atoms with Crippen LogP contribution in [0.5, 0.6) is 5.75 Å². The number of alkyl halides is 3. The van der Waals surface area contributed by atoms with Crippen molar-refractivity contribution < 1.29 is 27.8 Å². The minimum absolute atomic E-state index is 0.000570. The van der Waals surface area contributed by atoms with Gasteiger partial charge >= 0.3 is 6.36 Å². The molecule has 0 amide bonds. The molecule has 0 spiro atoms. The van der Waals surface area contributed by atoms with Crippen LogP contribution in [0.4, 0.5) is 13.2 Å². The van der Waals surface area contributed by atoms with Crippen LogP contribution in [-0.2, 0) is 4.74 Å². The maximum absolute atomic E-state index is 12.0. The molecule has 0 radical (unpaired) electrons. The van der Waals surface area contributed by atoms with Gasteiger partial charge in [-0.1, -0.05) is 12.1 Å². The highest BCUT2D eigenvalue weighted by molar-refractivity contribution is 5.29. The lowest BCUT2D eigenvalue weighted by molar-refractivity contribution is -0.274. The lowest BCUT2D eigenvalue weighted by Crippen LogP contribution is -2.17. The van der Waals surface area contributed by atoms with Gasteiger partial charge in [-0.05, 0) is 24.1 Å². The van der Waals surface area contributed by atoms with Crippen molar-refractivity contribution in [2.75, 3.05) is 13.2 Å². The molecule has 0 aliphatic carbocycles. The molecule has 1 saturated heterocycles. The van der Waals surface area contributed by atoms with Crippen molar-refractivity contribution in [3.63, 3.8) is 0 Å². The Morgan fingerprint density at radius 3 is 2.50 bits per heavy atom. The number of aliphatic hydroxyl groups is 1. The predicted molar refractivity (Wildman–Crippen MR) is 57.0 cm³/mol. The summed E-state index contributed by atoms with van der Waals surface area (Å²) in [5.74, 6) is -0.260. The standard InChI is InChI=1S/C12H13F3O3/c13-12(14,15)18-10-3-1-8(2-4-10)11-9(7-16)5-6-17-11/h1-4,9,11,16H,5-7H2. The maximum Gasteiger partial charge on any atom is 0.573 e. The lowest BCUT2D eigenvalue weighted by atomic mass is 9.96. The highest BCUT2D eigenvalue weighted by atomic mass is 19.4. The summed E-state index contributed by atoms with van der Waals surface area (Å²) in [4.78, 5) is 0. The summed E-state index contributed by atoms with van der Waals surface area (Å²) in [6.07, 6.45) is -4.18. The minimum Gasteiger partial charge on any atom is -0.406 e. The number of hydrogen-bond acceptors (Lipinski definition) is 3. The minimum atomic E-state index is -4.68. The first kappa shape index (κ1) is 13.2. The van der Waals surface area contributed by atoms with Crippen molar-refractivity contribution in [1.29, 1.82) is 0 Å². The van der Waals surface area contributed by atoms with Crippen LogP contribution >= 0.6 is 0 Å². The fourth-order valence-corrected chi connectivity index (χ4v) is 2.05. The highest BCUT2D eigenvalue weighted by Crippen LogP contribution is 2.35. The van der Waals surface area contributed by atoms with Gasteiger partial charge in [-0.3, -0.25) is 0 Å². The molecule has 1 fully saturated rings. The molecule has 0 aromatic heterocycles. The smallest absolute Gasteiger partial charge is 0.406 e. The molecule has 100 valence electrons. The third kappa shape index (κ3) is 3.14. The summed E-state index contributed by atoms with van der Waals surface area (Å²) < 4.78 is 45.2. The van der Waals surface area contributed by atoms with Crippen molar-refractivity contribution in [2.24, 2.45) is 5.92 Å². The average Bonchev–Trinajstić information content (AvgIpc) is 2.76. The van der Waals surface area contributed by atoms with Crippen LogP contribution in [0.2, 0.25) is 0 Å². The van der Waals surface area contributed by atoms with Gasteiger partial charge in [0.2, 0.25) is 0 Å².